The number of likely N-dealkylation sites (tertiary alicyclic amines) is 1. The molecule has 7 N–H and O–H groups in total. The highest BCUT2D eigenvalue weighted by Crippen LogP contribution is 2.52. The van der Waals surface area contributed by atoms with E-state index in [0.29, 0.717) is 68.5 Å². The zero-order valence-corrected chi connectivity index (χ0v) is 23.9. The van der Waals surface area contributed by atoms with Crippen molar-refractivity contribution in [3.8, 4) is 11.5 Å². The monoisotopic (exact) mass is 581 g/mol. The summed E-state index contributed by atoms with van der Waals surface area (Å²) in [5.74, 6) is 0.0682. The molecular weight excluding hydrogens is 550 g/mol. The first kappa shape index (κ1) is 27.6. The van der Waals surface area contributed by atoms with Crippen molar-refractivity contribution in [2.45, 2.75) is 24.9 Å². The number of carbonyl (C=O) groups excluding carboxylic acids is 3. The van der Waals surface area contributed by atoms with Crippen LogP contribution in [0, 0.1) is 12.8 Å². The SMILES string of the molecule is C=CC(=O)N1CC[C@H](C(=O)Nc2sc3c(N)ccc4c3c2C(N)C(=O)C4(N)c2ccc(Oc3ccccc3)cc2C)C1. The van der Waals surface area contributed by atoms with Crippen LogP contribution >= 0.6 is 11.3 Å². The number of ketones is 1. The van der Waals surface area contributed by atoms with Gasteiger partial charge in [-0.25, -0.2) is 0 Å². The number of rotatable bonds is 6. The summed E-state index contributed by atoms with van der Waals surface area (Å²) in [7, 11) is 0. The van der Waals surface area contributed by atoms with Gasteiger partial charge in [0.1, 0.15) is 22.0 Å². The number of nitrogens with zero attached hydrogens (tertiary/aromatic N) is 1. The number of hydrogen-bond donors (Lipinski definition) is 4. The minimum absolute atomic E-state index is 0.207. The fourth-order valence-electron chi connectivity index (χ4n) is 6.04. The van der Waals surface area contributed by atoms with Crippen molar-refractivity contribution in [3.05, 3.63) is 95.6 Å². The van der Waals surface area contributed by atoms with Crippen LogP contribution in [0.5, 0.6) is 11.5 Å². The number of benzene rings is 3. The molecule has 1 fully saturated rings. The average Bonchev–Trinajstić information content (AvgIpc) is 3.62. The number of ether oxygens (including phenoxy) is 1. The van der Waals surface area contributed by atoms with Crippen LogP contribution < -0.4 is 27.3 Å². The largest absolute Gasteiger partial charge is 0.457 e. The van der Waals surface area contributed by atoms with Crippen molar-refractivity contribution in [3.63, 3.8) is 0 Å². The van der Waals surface area contributed by atoms with Gasteiger partial charge in [0.25, 0.3) is 0 Å². The van der Waals surface area contributed by atoms with Crippen LogP contribution in [0.4, 0.5) is 10.7 Å². The van der Waals surface area contributed by atoms with Gasteiger partial charge in [-0.05, 0) is 66.4 Å². The molecule has 42 heavy (non-hydrogen) atoms. The second-order valence-electron chi connectivity index (χ2n) is 10.8. The van der Waals surface area contributed by atoms with Gasteiger partial charge in [-0.3, -0.25) is 14.4 Å². The zero-order valence-electron chi connectivity index (χ0n) is 23.1. The summed E-state index contributed by atoms with van der Waals surface area (Å²) in [5, 5.41) is 4.14. The second kappa shape index (κ2) is 10.4. The van der Waals surface area contributed by atoms with Crippen LogP contribution in [0.2, 0.25) is 0 Å². The molecule has 0 bridgehead atoms. The molecule has 1 aliphatic heterocycles. The maximum absolute atomic E-state index is 14.1. The molecule has 2 aliphatic rings. The average molecular weight is 582 g/mol. The Morgan fingerprint density at radius 2 is 1.86 bits per heavy atom. The van der Waals surface area contributed by atoms with E-state index in [1.807, 2.05) is 43.3 Å². The van der Waals surface area contributed by atoms with Gasteiger partial charge in [0.05, 0.1) is 16.7 Å². The topological polar surface area (TPSA) is 154 Å². The number of amides is 2. The minimum Gasteiger partial charge on any atom is -0.457 e. The Balaban J connectivity index is 1.39. The lowest BCUT2D eigenvalue weighted by molar-refractivity contribution is -0.126. The third kappa shape index (κ3) is 4.35. The lowest BCUT2D eigenvalue weighted by Crippen LogP contribution is -2.52. The molecule has 1 aliphatic carbocycles. The van der Waals surface area contributed by atoms with Gasteiger partial charge in [-0.2, -0.15) is 0 Å². The molecule has 4 aromatic rings. The predicted octanol–water partition coefficient (Wildman–Crippen LogP) is 4.34. The van der Waals surface area contributed by atoms with Crippen LogP contribution in [0.15, 0.2) is 73.3 Å². The fraction of sp³-hybridized carbons (Fsp3) is 0.219. The smallest absolute Gasteiger partial charge is 0.245 e. The first-order chi connectivity index (χ1) is 20.1. The van der Waals surface area contributed by atoms with Gasteiger partial charge in [-0.15, -0.1) is 11.3 Å². The van der Waals surface area contributed by atoms with E-state index >= 15 is 0 Å². The highest BCUT2D eigenvalue weighted by Gasteiger charge is 2.49. The number of thiophene rings is 1. The standard InChI is InChI=1S/C32H31N5O4S/c1-3-24(38)37-14-13-18(16-37)30(40)36-31-26-25-22(11-12-23(33)28(25)42-31)32(35,29(39)27(26)34)21-10-9-20(15-17(21)2)41-19-7-5-4-6-8-19/h3-12,15,18,27H,1,13-14,16,33-35H2,2H3,(H,36,40)/t18-,27?,32?/m0/s1. The van der Waals surface area contributed by atoms with E-state index in [9.17, 15) is 14.4 Å². The molecular formula is C32H31N5O4S. The first-order valence-corrected chi connectivity index (χ1v) is 14.5. The van der Waals surface area contributed by atoms with E-state index < -0.39 is 23.3 Å². The quantitative estimate of drug-likeness (QED) is 0.195. The summed E-state index contributed by atoms with van der Waals surface area (Å²) in [4.78, 5) is 41.0. The molecule has 214 valence electrons. The number of nitrogens with two attached hydrogens (primary N) is 3. The van der Waals surface area contributed by atoms with Crippen molar-refractivity contribution in [2.75, 3.05) is 24.1 Å². The summed E-state index contributed by atoms with van der Waals surface area (Å²) in [6, 6.07) is 17.2. The highest BCUT2D eigenvalue weighted by molar-refractivity contribution is 7.24. The molecule has 10 heteroatoms. The van der Waals surface area contributed by atoms with E-state index in [-0.39, 0.29) is 11.8 Å². The van der Waals surface area contributed by atoms with Gasteiger partial charge in [0, 0.05) is 29.7 Å². The predicted molar refractivity (Wildman–Crippen MR) is 164 cm³/mol. The van der Waals surface area contributed by atoms with Crippen LogP contribution in [-0.4, -0.2) is 35.6 Å². The number of carbonyl (C=O) groups is 3. The highest BCUT2D eigenvalue weighted by atomic mass is 32.1. The van der Waals surface area contributed by atoms with Crippen LogP contribution in [0.3, 0.4) is 0 Å². The molecule has 3 aromatic carbocycles. The number of anilines is 2. The first-order valence-electron chi connectivity index (χ1n) is 13.6. The van der Waals surface area contributed by atoms with Crippen LogP contribution in [0.25, 0.3) is 10.1 Å². The molecule has 1 saturated heterocycles. The summed E-state index contributed by atoms with van der Waals surface area (Å²) in [6.07, 6.45) is 1.77. The van der Waals surface area contributed by atoms with Crippen molar-refractivity contribution < 1.29 is 19.1 Å². The number of hydrogen-bond acceptors (Lipinski definition) is 8. The van der Waals surface area contributed by atoms with Gasteiger partial charge >= 0.3 is 0 Å². The maximum atomic E-state index is 14.1. The van der Waals surface area contributed by atoms with Gasteiger partial charge in [0.15, 0.2) is 5.78 Å². The van der Waals surface area contributed by atoms with Gasteiger partial charge in [0.2, 0.25) is 11.8 Å². The van der Waals surface area contributed by atoms with Crippen molar-refractivity contribution in [1.82, 2.24) is 4.90 Å². The Hall–Kier alpha value is -4.51. The Morgan fingerprint density at radius 3 is 2.57 bits per heavy atom. The minimum atomic E-state index is -1.55. The second-order valence-corrected chi connectivity index (χ2v) is 11.8. The lowest BCUT2D eigenvalue weighted by atomic mass is 9.70. The maximum Gasteiger partial charge on any atom is 0.245 e. The number of aryl methyl sites for hydroxylation is 1. The molecule has 2 unspecified atom stereocenters. The normalized spacial score (nSPS) is 21.4. The van der Waals surface area contributed by atoms with E-state index in [4.69, 9.17) is 21.9 Å². The molecule has 2 amide bonds. The third-order valence-corrected chi connectivity index (χ3v) is 9.37. The number of Topliss-reactive ketones (excluding diaryl/α,β-unsaturated/α-hetero) is 1. The Morgan fingerprint density at radius 1 is 1.12 bits per heavy atom. The van der Waals surface area contributed by atoms with E-state index in [2.05, 4.69) is 11.9 Å². The Kier molecular flexibility index (Phi) is 6.84. The molecule has 1 aromatic heterocycles. The van der Waals surface area contributed by atoms with Crippen molar-refractivity contribution in [2.24, 2.45) is 17.4 Å². The third-order valence-electron chi connectivity index (χ3n) is 8.20. The summed E-state index contributed by atoms with van der Waals surface area (Å²) < 4.78 is 6.69. The summed E-state index contributed by atoms with van der Waals surface area (Å²) in [5.41, 5.74) is 21.5. The van der Waals surface area contributed by atoms with Crippen LogP contribution in [0.1, 0.15) is 34.7 Å². The summed E-state index contributed by atoms with van der Waals surface area (Å²) >= 11 is 1.28. The molecule has 0 spiro atoms. The van der Waals surface area contributed by atoms with E-state index in [1.165, 1.54) is 17.4 Å². The lowest BCUT2D eigenvalue weighted by Gasteiger charge is -2.37. The fourth-order valence-corrected chi connectivity index (χ4v) is 7.24. The molecule has 0 radical (unpaired) electrons. The van der Waals surface area contributed by atoms with E-state index in [1.54, 1.807) is 29.2 Å². The van der Waals surface area contributed by atoms with Crippen molar-refractivity contribution >= 4 is 49.7 Å². The molecule has 9 nitrogen and oxygen atoms in total. The Bertz CT molecular complexity index is 1770. The van der Waals surface area contributed by atoms with E-state index in [0.717, 1.165) is 5.56 Å². The summed E-state index contributed by atoms with van der Waals surface area (Å²) in [6.45, 7) is 6.17. The van der Waals surface area contributed by atoms with Crippen LogP contribution in [-0.2, 0) is 19.9 Å². The Labute approximate surface area is 246 Å². The molecule has 6 rings (SSSR count). The number of nitrogens with one attached hydrogen (secondary N) is 1. The van der Waals surface area contributed by atoms with Gasteiger partial charge < -0.3 is 32.2 Å². The molecule has 2 heterocycles. The van der Waals surface area contributed by atoms with Crippen molar-refractivity contribution in [1.29, 1.82) is 0 Å². The molecule has 0 saturated carbocycles. The molecule has 3 atom stereocenters. The number of nitrogen functional groups attached to an aromatic ring is 1. The number of para-hydroxylation sites is 1. The zero-order chi connectivity index (χ0) is 29.8. The van der Waals surface area contributed by atoms with Gasteiger partial charge in [-0.1, -0.05) is 36.9 Å².